The monoisotopic (exact) mass is 265 g/mol. The standard InChI is InChI=1S/C17H15NO2/c1-12-9-17(14(11-19)10-18-12)20-16-8-4-6-13-5-2-3-7-15(13)16/h2-10,19H,11H2,1H3. The molecule has 0 aliphatic carbocycles. The predicted octanol–water partition coefficient (Wildman–Crippen LogP) is 3.83. The summed E-state index contributed by atoms with van der Waals surface area (Å²) >= 11 is 0. The molecule has 0 spiro atoms. The quantitative estimate of drug-likeness (QED) is 0.782. The van der Waals surface area contributed by atoms with Gasteiger partial charge in [-0.25, -0.2) is 0 Å². The first-order valence-corrected chi connectivity index (χ1v) is 6.50. The van der Waals surface area contributed by atoms with Gasteiger partial charge in [-0.1, -0.05) is 36.4 Å². The number of fused-ring (bicyclic) bond motifs is 1. The molecule has 1 N–H and O–H groups in total. The average molecular weight is 265 g/mol. The average Bonchev–Trinajstić information content (AvgIpc) is 2.48. The summed E-state index contributed by atoms with van der Waals surface area (Å²) in [5, 5.41) is 11.6. The third kappa shape index (κ3) is 2.36. The lowest BCUT2D eigenvalue weighted by molar-refractivity contribution is 0.276. The number of hydrogen-bond donors (Lipinski definition) is 1. The summed E-state index contributed by atoms with van der Waals surface area (Å²) in [6.45, 7) is 1.81. The van der Waals surface area contributed by atoms with Crippen LogP contribution in [0.15, 0.2) is 54.7 Å². The van der Waals surface area contributed by atoms with E-state index in [4.69, 9.17) is 4.74 Å². The normalized spacial score (nSPS) is 10.7. The van der Waals surface area contributed by atoms with Crippen molar-refractivity contribution in [1.82, 2.24) is 4.98 Å². The Labute approximate surface area is 117 Å². The van der Waals surface area contributed by atoms with Gasteiger partial charge in [0.25, 0.3) is 0 Å². The van der Waals surface area contributed by atoms with Gasteiger partial charge in [0.15, 0.2) is 0 Å². The second kappa shape index (κ2) is 5.31. The van der Waals surface area contributed by atoms with Gasteiger partial charge >= 0.3 is 0 Å². The molecule has 0 amide bonds. The molecule has 0 aliphatic rings. The van der Waals surface area contributed by atoms with Crippen molar-refractivity contribution in [2.45, 2.75) is 13.5 Å². The minimum absolute atomic E-state index is 0.0899. The van der Waals surface area contributed by atoms with Gasteiger partial charge in [-0.15, -0.1) is 0 Å². The smallest absolute Gasteiger partial charge is 0.136 e. The Balaban J connectivity index is 2.07. The molecule has 3 nitrogen and oxygen atoms in total. The van der Waals surface area contributed by atoms with E-state index < -0.39 is 0 Å². The second-order valence-corrected chi connectivity index (χ2v) is 4.67. The van der Waals surface area contributed by atoms with Crippen molar-refractivity contribution in [3.05, 3.63) is 66.0 Å². The number of aromatic nitrogens is 1. The van der Waals surface area contributed by atoms with Crippen LogP contribution in [0.1, 0.15) is 11.3 Å². The van der Waals surface area contributed by atoms with E-state index in [1.807, 2.05) is 55.5 Å². The van der Waals surface area contributed by atoms with E-state index in [1.165, 1.54) is 0 Å². The molecule has 0 bridgehead atoms. The van der Waals surface area contributed by atoms with E-state index in [0.29, 0.717) is 11.3 Å². The largest absolute Gasteiger partial charge is 0.456 e. The Hall–Kier alpha value is -2.39. The summed E-state index contributed by atoms with van der Waals surface area (Å²) in [6.07, 6.45) is 1.65. The van der Waals surface area contributed by atoms with Crippen molar-refractivity contribution in [2.24, 2.45) is 0 Å². The zero-order valence-corrected chi connectivity index (χ0v) is 11.2. The van der Waals surface area contributed by atoms with Crippen LogP contribution in [0.2, 0.25) is 0 Å². The highest BCUT2D eigenvalue weighted by atomic mass is 16.5. The van der Waals surface area contributed by atoms with E-state index in [-0.39, 0.29) is 6.61 Å². The van der Waals surface area contributed by atoms with Crippen LogP contribution in [0.4, 0.5) is 0 Å². The molecule has 0 aliphatic heterocycles. The molecule has 0 saturated heterocycles. The molecule has 0 unspecified atom stereocenters. The third-order valence-electron chi connectivity index (χ3n) is 3.22. The number of ether oxygens (including phenoxy) is 1. The number of aliphatic hydroxyl groups is 1. The molecule has 1 aromatic heterocycles. The number of hydrogen-bond acceptors (Lipinski definition) is 3. The first kappa shape index (κ1) is 12.6. The van der Waals surface area contributed by atoms with Gasteiger partial charge in [0.05, 0.1) is 6.61 Å². The van der Waals surface area contributed by atoms with Crippen LogP contribution < -0.4 is 4.74 Å². The number of pyridine rings is 1. The maximum Gasteiger partial charge on any atom is 0.136 e. The first-order valence-electron chi connectivity index (χ1n) is 6.50. The summed E-state index contributed by atoms with van der Waals surface area (Å²) in [7, 11) is 0. The molecule has 0 saturated carbocycles. The van der Waals surface area contributed by atoms with Crippen LogP contribution in [0.3, 0.4) is 0 Å². The van der Waals surface area contributed by atoms with Crippen LogP contribution in [-0.2, 0) is 6.61 Å². The highest BCUT2D eigenvalue weighted by Crippen LogP contribution is 2.31. The summed E-state index contributed by atoms with van der Waals surface area (Å²) in [5.41, 5.74) is 1.54. The summed E-state index contributed by atoms with van der Waals surface area (Å²) in [5.74, 6) is 1.43. The van der Waals surface area contributed by atoms with Crippen molar-refractivity contribution < 1.29 is 9.84 Å². The fourth-order valence-corrected chi connectivity index (χ4v) is 2.18. The van der Waals surface area contributed by atoms with Crippen molar-refractivity contribution in [1.29, 1.82) is 0 Å². The first-order chi connectivity index (χ1) is 9.78. The lowest BCUT2D eigenvalue weighted by Gasteiger charge is -2.12. The number of nitrogens with zero attached hydrogens (tertiary/aromatic N) is 1. The van der Waals surface area contributed by atoms with E-state index in [9.17, 15) is 5.11 Å². The zero-order valence-electron chi connectivity index (χ0n) is 11.2. The number of benzene rings is 2. The predicted molar refractivity (Wildman–Crippen MR) is 78.9 cm³/mol. The summed E-state index contributed by atoms with van der Waals surface area (Å²) in [6, 6.07) is 15.8. The number of aliphatic hydroxyl groups excluding tert-OH is 1. The highest BCUT2D eigenvalue weighted by molar-refractivity contribution is 5.88. The van der Waals surface area contributed by atoms with Crippen molar-refractivity contribution >= 4 is 10.8 Å². The fraction of sp³-hybridized carbons (Fsp3) is 0.118. The van der Waals surface area contributed by atoms with Crippen LogP contribution in [0.5, 0.6) is 11.5 Å². The van der Waals surface area contributed by atoms with Gasteiger partial charge in [0.1, 0.15) is 11.5 Å². The van der Waals surface area contributed by atoms with Crippen LogP contribution in [0, 0.1) is 6.92 Å². The zero-order chi connectivity index (χ0) is 13.9. The Morgan fingerprint density at radius 1 is 1.05 bits per heavy atom. The summed E-state index contributed by atoms with van der Waals surface area (Å²) < 4.78 is 5.99. The van der Waals surface area contributed by atoms with Gasteiger partial charge in [0, 0.05) is 28.9 Å². The van der Waals surface area contributed by atoms with Gasteiger partial charge in [0.2, 0.25) is 0 Å². The Kier molecular flexibility index (Phi) is 3.35. The molecule has 3 rings (SSSR count). The van der Waals surface area contributed by atoms with Crippen LogP contribution >= 0.6 is 0 Å². The lowest BCUT2D eigenvalue weighted by atomic mass is 10.1. The SMILES string of the molecule is Cc1cc(Oc2cccc3ccccc23)c(CO)cn1. The van der Waals surface area contributed by atoms with Gasteiger partial charge < -0.3 is 9.84 Å². The van der Waals surface area contributed by atoms with Gasteiger partial charge in [-0.3, -0.25) is 4.98 Å². The Bertz CT molecular complexity index is 748. The van der Waals surface area contributed by atoms with Gasteiger partial charge in [-0.2, -0.15) is 0 Å². The highest BCUT2D eigenvalue weighted by Gasteiger charge is 2.08. The molecule has 0 radical (unpaired) electrons. The second-order valence-electron chi connectivity index (χ2n) is 4.67. The molecule has 100 valence electrons. The summed E-state index contributed by atoms with van der Waals surface area (Å²) in [4.78, 5) is 4.17. The van der Waals surface area contributed by atoms with Crippen molar-refractivity contribution in [3.63, 3.8) is 0 Å². The molecule has 1 heterocycles. The topological polar surface area (TPSA) is 42.4 Å². The van der Waals surface area contributed by atoms with Crippen molar-refractivity contribution in [2.75, 3.05) is 0 Å². The van der Waals surface area contributed by atoms with Crippen LogP contribution in [-0.4, -0.2) is 10.1 Å². The molecule has 0 atom stereocenters. The maximum absolute atomic E-state index is 9.38. The van der Waals surface area contributed by atoms with Gasteiger partial charge in [-0.05, 0) is 18.4 Å². The van der Waals surface area contributed by atoms with E-state index >= 15 is 0 Å². The number of aryl methyl sites for hydroxylation is 1. The fourth-order valence-electron chi connectivity index (χ4n) is 2.18. The Morgan fingerprint density at radius 2 is 1.85 bits per heavy atom. The molecular formula is C17H15NO2. The molecule has 3 heteroatoms. The van der Waals surface area contributed by atoms with E-state index in [1.54, 1.807) is 6.20 Å². The lowest BCUT2D eigenvalue weighted by Crippen LogP contribution is -1.95. The molecule has 0 fully saturated rings. The number of rotatable bonds is 3. The maximum atomic E-state index is 9.38. The Morgan fingerprint density at radius 3 is 2.70 bits per heavy atom. The molecule has 20 heavy (non-hydrogen) atoms. The third-order valence-corrected chi connectivity index (χ3v) is 3.22. The van der Waals surface area contributed by atoms with E-state index in [0.717, 1.165) is 22.2 Å². The minimum Gasteiger partial charge on any atom is -0.456 e. The van der Waals surface area contributed by atoms with Crippen LogP contribution in [0.25, 0.3) is 10.8 Å². The van der Waals surface area contributed by atoms with Crippen molar-refractivity contribution in [3.8, 4) is 11.5 Å². The molecular weight excluding hydrogens is 250 g/mol. The minimum atomic E-state index is -0.0899. The molecule has 2 aromatic carbocycles. The van der Waals surface area contributed by atoms with E-state index in [2.05, 4.69) is 4.98 Å². The molecule has 3 aromatic rings.